The van der Waals surface area contributed by atoms with Crippen molar-refractivity contribution in [2.24, 2.45) is 5.92 Å². The maximum atomic E-state index is 12.3. The average Bonchev–Trinajstić information content (AvgIpc) is 2.97. The summed E-state index contributed by atoms with van der Waals surface area (Å²) in [6, 6.07) is 8.22. The molecule has 3 unspecified atom stereocenters. The van der Waals surface area contributed by atoms with Gasteiger partial charge in [0, 0.05) is 12.6 Å². The Morgan fingerprint density at radius 3 is 2.82 bits per heavy atom. The maximum absolute atomic E-state index is 12.3. The number of aliphatic hydroxyl groups is 1. The third-order valence-electron chi connectivity index (χ3n) is 4.82. The number of benzene rings is 1. The monoisotopic (exact) mass is 324 g/mol. The molecule has 3 N–H and O–H groups in total. The molecule has 1 aliphatic carbocycles. The topological polar surface area (TPSA) is 61.4 Å². The van der Waals surface area contributed by atoms with E-state index in [1.165, 1.54) is 25.7 Å². The summed E-state index contributed by atoms with van der Waals surface area (Å²) in [5.74, 6) is 0.797. The van der Waals surface area contributed by atoms with Crippen LogP contribution in [0, 0.1) is 5.92 Å². The summed E-state index contributed by atoms with van der Waals surface area (Å²) >= 11 is 0. The van der Waals surface area contributed by atoms with Gasteiger partial charge < -0.3 is 15.7 Å². The first-order valence-corrected chi connectivity index (χ1v) is 7.98. The van der Waals surface area contributed by atoms with Crippen molar-refractivity contribution in [2.45, 2.75) is 57.3 Å². The van der Waals surface area contributed by atoms with Crippen molar-refractivity contribution in [1.29, 1.82) is 0 Å². The Bertz CT molecular complexity index is 495. The van der Waals surface area contributed by atoms with E-state index in [-0.39, 0.29) is 31.0 Å². The summed E-state index contributed by atoms with van der Waals surface area (Å²) in [6.45, 7) is 0.565. The highest BCUT2D eigenvalue weighted by atomic mass is 35.5. The Hall–Kier alpha value is -1.10. The predicted molar refractivity (Wildman–Crippen MR) is 88.7 cm³/mol. The highest BCUT2D eigenvalue weighted by molar-refractivity contribution is 5.85. The van der Waals surface area contributed by atoms with Crippen LogP contribution in [0.4, 0.5) is 0 Å². The lowest BCUT2D eigenvalue weighted by Crippen LogP contribution is -2.42. The van der Waals surface area contributed by atoms with Gasteiger partial charge in [0.05, 0.1) is 12.6 Å². The quantitative estimate of drug-likeness (QED) is 0.795. The molecule has 5 heteroatoms. The van der Waals surface area contributed by atoms with Crippen LogP contribution >= 0.6 is 12.4 Å². The van der Waals surface area contributed by atoms with Gasteiger partial charge in [0.15, 0.2) is 0 Å². The van der Waals surface area contributed by atoms with Gasteiger partial charge in [-0.15, -0.1) is 12.4 Å². The van der Waals surface area contributed by atoms with Gasteiger partial charge in [-0.2, -0.15) is 0 Å². The molecule has 122 valence electrons. The van der Waals surface area contributed by atoms with E-state index in [0.717, 1.165) is 17.5 Å². The van der Waals surface area contributed by atoms with Crippen LogP contribution in [-0.4, -0.2) is 23.1 Å². The molecule has 2 fully saturated rings. The number of hydrogen-bond acceptors (Lipinski definition) is 3. The highest BCUT2D eigenvalue weighted by Crippen LogP contribution is 2.33. The zero-order valence-electron chi connectivity index (χ0n) is 12.8. The fourth-order valence-corrected chi connectivity index (χ4v) is 3.67. The van der Waals surface area contributed by atoms with Gasteiger partial charge in [0.2, 0.25) is 5.91 Å². The summed E-state index contributed by atoms with van der Waals surface area (Å²) < 4.78 is 0. The minimum Gasteiger partial charge on any atom is -0.392 e. The van der Waals surface area contributed by atoms with Crippen LogP contribution < -0.4 is 10.6 Å². The van der Waals surface area contributed by atoms with Crippen LogP contribution in [-0.2, 0) is 17.9 Å². The van der Waals surface area contributed by atoms with Crippen LogP contribution in [0.25, 0.3) is 0 Å². The Balaban J connectivity index is 0.00000176. The summed E-state index contributed by atoms with van der Waals surface area (Å²) in [4.78, 5) is 12.3. The van der Waals surface area contributed by atoms with Crippen molar-refractivity contribution in [3.05, 3.63) is 35.4 Å². The van der Waals surface area contributed by atoms with E-state index in [0.29, 0.717) is 18.5 Å². The van der Waals surface area contributed by atoms with Crippen LogP contribution in [0.2, 0.25) is 0 Å². The second-order valence-corrected chi connectivity index (χ2v) is 6.30. The van der Waals surface area contributed by atoms with Crippen molar-refractivity contribution < 1.29 is 9.90 Å². The summed E-state index contributed by atoms with van der Waals surface area (Å²) in [5.41, 5.74) is 1.91. The Labute approximate surface area is 138 Å². The number of rotatable bonds is 4. The molecule has 1 saturated carbocycles. The van der Waals surface area contributed by atoms with Gasteiger partial charge in [0.1, 0.15) is 0 Å². The molecule has 1 aromatic rings. The van der Waals surface area contributed by atoms with E-state index in [4.69, 9.17) is 5.11 Å². The zero-order valence-corrected chi connectivity index (χ0v) is 13.6. The first-order chi connectivity index (χ1) is 10.3. The third kappa shape index (κ3) is 4.00. The standard InChI is InChI=1S/C17H24N2O2.ClH/c20-11-13-5-3-4-12(8-13)10-18-17(21)16-9-14-6-1-2-7-15(14)19-16;/h3-5,8,14-16,19-20H,1-2,6-7,9-11H2,(H,18,21);1H. The Morgan fingerprint density at radius 2 is 2.05 bits per heavy atom. The number of fused-ring (bicyclic) bond motifs is 1. The fourth-order valence-electron chi connectivity index (χ4n) is 3.67. The van der Waals surface area contributed by atoms with E-state index >= 15 is 0 Å². The molecule has 0 spiro atoms. The van der Waals surface area contributed by atoms with Crippen molar-refractivity contribution in [3.63, 3.8) is 0 Å². The molecule has 1 saturated heterocycles. The first kappa shape index (κ1) is 17.3. The van der Waals surface area contributed by atoms with Crippen LogP contribution in [0.3, 0.4) is 0 Å². The lowest BCUT2D eigenvalue weighted by molar-refractivity contribution is -0.123. The molecule has 2 aliphatic rings. The van der Waals surface area contributed by atoms with Crippen molar-refractivity contribution >= 4 is 18.3 Å². The number of halogens is 1. The Morgan fingerprint density at radius 1 is 1.27 bits per heavy atom. The molecule has 1 aliphatic heterocycles. The number of carbonyl (C=O) groups is 1. The second kappa shape index (κ2) is 7.95. The lowest BCUT2D eigenvalue weighted by Gasteiger charge is -2.24. The van der Waals surface area contributed by atoms with E-state index in [1.54, 1.807) is 0 Å². The molecule has 0 radical (unpaired) electrons. The van der Waals surface area contributed by atoms with Gasteiger partial charge in [0.25, 0.3) is 0 Å². The predicted octanol–water partition coefficient (Wildman–Crippen LogP) is 2.14. The maximum Gasteiger partial charge on any atom is 0.237 e. The lowest BCUT2D eigenvalue weighted by atomic mass is 9.85. The van der Waals surface area contributed by atoms with Gasteiger partial charge in [-0.05, 0) is 36.3 Å². The van der Waals surface area contributed by atoms with Gasteiger partial charge >= 0.3 is 0 Å². The first-order valence-electron chi connectivity index (χ1n) is 7.98. The molecule has 22 heavy (non-hydrogen) atoms. The van der Waals surface area contributed by atoms with E-state index in [1.807, 2.05) is 24.3 Å². The Kier molecular flexibility index (Phi) is 6.24. The fraction of sp³-hybridized carbons (Fsp3) is 0.588. The minimum absolute atomic E-state index is 0. The van der Waals surface area contributed by atoms with Crippen LogP contribution in [0.1, 0.15) is 43.2 Å². The minimum atomic E-state index is -0.0286. The zero-order chi connectivity index (χ0) is 14.7. The molecular formula is C17H25ClN2O2. The van der Waals surface area contributed by atoms with Crippen molar-refractivity contribution in [2.75, 3.05) is 0 Å². The highest BCUT2D eigenvalue weighted by Gasteiger charge is 2.37. The van der Waals surface area contributed by atoms with Crippen molar-refractivity contribution in [1.82, 2.24) is 10.6 Å². The number of carbonyl (C=O) groups excluding carboxylic acids is 1. The van der Waals surface area contributed by atoms with Gasteiger partial charge in [-0.1, -0.05) is 37.1 Å². The summed E-state index contributed by atoms with van der Waals surface area (Å²) in [7, 11) is 0. The second-order valence-electron chi connectivity index (χ2n) is 6.30. The van der Waals surface area contributed by atoms with Crippen LogP contribution in [0.5, 0.6) is 0 Å². The summed E-state index contributed by atoms with van der Waals surface area (Å²) in [6.07, 6.45) is 6.06. The molecule has 1 aromatic carbocycles. The molecule has 1 amide bonds. The number of hydrogen-bond donors (Lipinski definition) is 3. The molecule has 1 heterocycles. The molecule has 0 bridgehead atoms. The number of amides is 1. The molecular weight excluding hydrogens is 300 g/mol. The molecule has 3 rings (SSSR count). The largest absolute Gasteiger partial charge is 0.392 e. The number of nitrogens with one attached hydrogen (secondary N) is 2. The summed E-state index contributed by atoms with van der Waals surface area (Å²) in [5, 5.41) is 15.7. The smallest absolute Gasteiger partial charge is 0.237 e. The SMILES string of the molecule is Cl.O=C(NCc1cccc(CO)c1)C1CC2CCCCC2N1. The van der Waals surface area contributed by atoms with Crippen molar-refractivity contribution in [3.8, 4) is 0 Å². The van der Waals surface area contributed by atoms with Crippen LogP contribution in [0.15, 0.2) is 24.3 Å². The third-order valence-corrected chi connectivity index (χ3v) is 4.82. The molecule has 4 nitrogen and oxygen atoms in total. The molecule has 0 aromatic heterocycles. The van der Waals surface area contributed by atoms with Gasteiger partial charge in [-0.3, -0.25) is 4.79 Å². The van der Waals surface area contributed by atoms with Gasteiger partial charge in [-0.25, -0.2) is 0 Å². The molecule has 3 atom stereocenters. The van der Waals surface area contributed by atoms with E-state index in [9.17, 15) is 4.79 Å². The normalized spacial score (nSPS) is 26.9. The van der Waals surface area contributed by atoms with E-state index in [2.05, 4.69) is 10.6 Å². The average molecular weight is 325 g/mol. The number of aliphatic hydroxyl groups excluding tert-OH is 1. The van der Waals surface area contributed by atoms with E-state index < -0.39 is 0 Å².